The highest BCUT2D eigenvalue weighted by Gasteiger charge is 2.30. The van der Waals surface area contributed by atoms with Gasteiger partial charge >= 0.3 is 17.2 Å². The summed E-state index contributed by atoms with van der Waals surface area (Å²) in [5, 5.41) is 5.11. The van der Waals surface area contributed by atoms with Gasteiger partial charge in [-0.3, -0.25) is 9.32 Å². The van der Waals surface area contributed by atoms with Crippen molar-refractivity contribution < 1.29 is 18.7 Å². The Hall–Kier alpha value is -3.35. The summed E-state index contributed by atoms with van der Waals surface area (Å²) < 4.78 is 11.2. The van der Waals surface area contributed by atoms with Crippen LogP contribution in [0.3, 0.4) is 0 Å². The number of nitrogens with zero attached hydrogens (tertiary/aromatic N) is 1. The van der Waals surface area contributed by atoms with Crippen LogP contribution in [0.5, 0.6) is 5.75 Å². The molecule has 3 rings (SSSR count). The van der Waals surface area contributed by atoms with Crippen molar-refractivity contribution >= 4 is 11.6 Å². The van der Waals surface area contributed by atoms with Gasteiger partial charge in [-0.15, -0.1) is 0 Å². The van der Waals surface area contributed by atoms with Crippen molar-refractivity contribution in [3.8, 4) is 11.4 Å². The fourth-order valence-corrected chi connectivity index (χ4v) is 2.21. The Morgan fingerprint density at radius 2 is 1.79 bits per heavy atom. The maximum absolute atomic E-state index is 12.5. The Labute approximate surface area is 137 Å². The first kappa shape index (κ1) is 15.5. The van der Waals surface area contributed by atoms with E-state index in [0.717, 1.165) is 5.56 Å². The van der Waals surface area contributed by atoms with Gasteiger partial charge in [0.2, 0.25) is 5.69 Å². The molecule has 0 unspecified atom stereocenters. The number of amides is 1. The van der Waals surface area contributed by atoms with Gasteiger partial charge in [-0.2, -0.15) is 0 Å². The second kappa shape index (κ2) is 6.41. The molecule has 1 aromatic heterocycles. The Balaban J connectivity index is 1.92. The van der Waals surface area contributed by atoms with Gasteiger partial charge in [0.05, 0.1) is 7.11 Å². The van der Waals surface area contributed by atoms with Crippen LogP contribution in [0.25, 0.3) is 5.69 Å². The first-order chi connectivity index (χ1) is 11.6. The molecule has 7 nitrogen and oxygen atoms in total. The second-order valence-corrected chi connectivity index (χ2v) is 5.18. The van der Waals surface area contributed by atoms with Crippen LogP contribution in [-0.2, 0) is 0 Å². The van der Waals surface area contributed by atoms with Crippen LogP contribution < -0.4 is 20.4 Å². The van der Waals surface area contributed by atoms with Gasteiger partial charge in [-0.1, -0.05) is 17.7 Å². The molecule has 24 heavy (non-hydrogen) atoms. The molecule has 0 bridgehead atoms. The average Bonchev–Trinajstić information content (AvgIpc) is 2.98. The predicted molar refractivity (Wildman–Crippen MR) is 86.5 cm³/mol. The van der Waals surface area contributed by atoms with Crippen LogP contribution >= 0.6 is 0 Å². The van der Waals surface area contributed by atoms with Crippen molar-refractivity contribution in [2.24, 2.45) is 0 Å². The number of aromatic nitrogens is 2. The largest absolute Gasteiger partial charge is 0.497 e. The number of aryl methyl sites for hydroxylation is 1. The molecule has 0 fully saturated rings. The number of hydrogen-bond donors (Lipinski definition) is 2. The van der Waals surface area contributed by atoms with Gasteiger partial charge in [-0.25, -0.2) is 4.79 Å². The lowest BCUT2D eigenvalue weighted by atomic mass is 10.2. The predicted octanol–water partition coefficient (Wildman–Crippen LogP) is 1.81. The molecule has 0 saturated carbocycles. The topological polar surface area (TPSA) is 88.2 Å². The summed E-state index contributed by atoms with van der Waals surface area (Å²) in [7, 11) is 1.56. The number of ether oxygens (including phenoxy) is 1. The summed E-state index contributed by atoms with van der Waals surface area (Å²) in [4.78, 5) is 24.4. The zero-order valence-corrected chi connectivity index (χ0v) is 13.2. The molecule has 0 radical (unpaired) electrons. The number of methoxy groups -OCH3 is 1. The Bertz CT molecular complexity index is 908. The van der Waals surface area contributed by atoms with Crippen LogP contribution in [0.15, 0.2) is 57.8 Å². The van der Waals surface area contributed by atoms with E-state index >= 15 is 0 Å². The summed E-state index contributed by atoms with van der Waals surface area (Å²) in [5.74, 6) is 0.0977. The van der Waals surface area contributed by atoms with E-state index in [1.165, 1.54) is 4.68 Å². The van der Waals surface area contributed by atoms with Crippen molar-refractivity contribution in [3.63, 3.8) is 0 Å². The van der Waals surface area contributed by atoms with Crippen molar-refractivity contribution in [3.05, 3.63) is 70.2 Å². The molecule has 0 atom stereocenters. The maximum Gasteiger partial charge on any atom is 0.441 e. The third-order valence-electron chi connectivity index (χ3n) is 3.50. The molecular weight excluding hydrogens is 310 g/mol. The third kappa shape index (κ3) is 3.05. The van der Waals surface area contributed by atoms with Crippen molar-refractivity contribution in [2.45, 2.75) is 6.92 Å². The highest BCUT2D eigenvalue weighted by molar-refractivity contribution is 6.01. The highest BCUT2D eigenvalue weighted by Crippen LogP contribution is 2.12. The summed E-state index contributed by atoms with van der Waals surface area (Å²) in [5.41, 5.74) is 1.32. The van der Waals surface area contributed by atoms with Gasteiger partial charge in [0, 0.05) is 17.8 Å². The molecule has 1 amide bonds. The molecule has 0 aliphatic rings. The van der Waals surface area contributed by atoms with E-state index in [1.807, 2.05) is 19.1 Å². The normalized spacial score (nSPS) is 10.4. The minimum Gasteiger partial charge on any atom is -0.497 e. The number of anilines is 1. The number of nitrogens with one attached hydrogen (secondary N) is 2. The molecule has 0 saturated heterocycles. The van der Waals surface area contributed by atoms with E-state index in [-0.39, 0.29) is 5.69 Å². The third-order valence-corrected chi connectivity index (χ3v) is 3.50. The van der Waals surface area contributed by atoms with Gasteiger partial charge in [0.25, 0.3) is 0 Å². The van der Waals surface area contributed by atoms with E-state index in [0.29, 0.717) is 17.1 Å². The van der Waals surface area contributed by atoms with Gasteiger partial charge in [0.15, 0.2) is 0 Å². The number of hydrogen-bond acceptors (Lipinski definition) is 4. The molecule has 1 heterocycles. The van der Waals surface area contributed by atoms with E-state index in [2.05, 4.69) is 10.6 Å². The molecule has 0 aliphatic carbocycles. The van der Waals surface area contributed by atoms with E-state index in [1.54, 1.807) is 43.5 Å². The molecule has 0 spiro atoms. The first-order valence-corrected chi connectivity index (χ1v) is 7.24. The monoisotopic (exact) mass is 326 g/mol. The summed E-state index contributed by atoms with van der Waals surface area (Å²) >= 11 is 0. The number of H-pyrrole nitrogens is 1. The number of carbonyl (C=O) groups excluding carboxylic acids is 1. The zero-order chi connectivity index (χ0) is 17.1. The van der Waals surface area contributed by atoms with Crippen LogP contribution in [-0.4, -0.2) is 18.3 Å². The molecule has 122 valence electrons. The Kier molecular flexibility index (Phi) is 4.15. The van der Waals surface area contributed by atoms with Crippen molar-refractivity contribution in [1.29, 1.82) is 0 Å². The highest BCUT2D eigenvalue weighted by atomic mass is 16.5. The number of rotatable bonds is 4. The average molecular weight is 326 g/mol. The first-order valence-electron chi connectivity index (χ1n) is 7.24. The van der Waals surface area contributed by atoms with Gasteiger partial charge in [0.1, 0.15) is 5.75 Å². The van der Waals surface area contributed by atoms with Crippen molar-refractivity contribution in [2.75, 3.05) is 12.4 Å². The van der Waals surface area contributed by atoms with E-state index in [4.69, 9.17) is 9.26 Å². The molecule has 3 aromatic rings. The smallest absolute Gasteiger partial charge is 0.441 e. The molecule has 2 aromatic carbocycles. The van der Waals surface area contributed by atoms with Crippen LogP contribution in [0.1, 0.15) is 16.1 Å². The van der Waals surface area contributed by atoms with E-state index in [9.17, 15) is 9.59 Å². The molecule has 2 N–H and O–H groups in total. The SMILES string of the molecule is COc1ccc(-[n+]2[nH]oc(=O)c2C(=O)Nc2ccc(C)cc2)cc1. The lowest BCUT2D eigenvalue weighted by Gasteiger charge is -2.02. The standard InChI is InChI=1S/C17H15N3O4/c1-11-3-5-12(6-4-11)18-16(21)15-17(22)24-19-20(15)13-7-9-14(23-2)10-8-13/h3-10H,1-2H3,(H-,18,19,21,22)/p+1. The Morgan fingerprint density at radius 1 is 1.12 bits per heavy atom. The van der Waals surface area contributed by atoms with E-state index < -0.39 is 11.5 Å². The minimum atomic E-state index is -0.754. The number of aromatic amines is 1. The fraction of sp³-hybridized carbons (Fsp3) is 0.118. The molecule has 0 aliphatic heterocycles. The second-order valence-electron chi connectivity index (χ2n) is 5.18. The van der Waals surface area contributed by atoms with Gasteiger partial charge < -0.3 is 10.1 Å². The van der Waals surface area contributed by atoms with Gasteiger partial charge in [-0.05, 0) is 41.1 Å². The van der Waals surface area contributed by atoms with Crippen LogP contribution in [0, 0.1) is 6.92 Å². The summed E-state index contributed by atoms with van der Waals surface area (Å²) in [6, 6.07) is 14.1. The summed E-state index contributed by atoms with van der Waals surface area (Å²) in [6.07, 6.45) is 0. The molecule has 7 heteroatoms. The fourth-order valence-electron chi connectivity index (χ4n) is 2.21. The zero-order valence-electron chi connectivity index (χ0n) is 13.2. The quantitative estimate of drug-likeness (QED) is 0.716. The summed E-state index contributed by atoms with van der Waals surface area (Å²) in [6.45, 7) is 1.95. The number of benzene rings is 2. The van der Waals surface area contributed by atoms with Crippen LogP contribution in [0.4, 0.5) is 5.69 Å². The lowest BCUT2D eigenvalue weighted by molar-refractivity contribution is -0.672. The lowest BCUT2D eigenvalue weighted by Crippen LogP contribution is -2.42. The number of carbonyl (C=O) groups is 1. The molecular formula is C17H16N3O4+. The minimum absolute atomic E-state index is 0.152. The van der Waals surface area contributed by atoms with Crippen LogP contribution in [0.2, 0.25) is 0 Å². The van der Waals surface area contributed by atoms with Crippen molar-refractivity contribution in [1.82, 2.24) is 5.27 Å². The maximum atomic E-state index is 12.5. The Morgan fingerprint density at radius 3 is 2.42 bits per heavy atom.